The standard InChI is InChI=1S/C19H16N2O/c1-11-4-2-5-12-8-14(9-15(11)12)19(22)17-10-13-6-3-7-16(20)18(13)21-17/h2-7,9-10,21H,8,20H2,1H3. The smallest absolute Gasteiger partial charge is 0.205 e. The van der Waals surface area contributed by atoms with E-state index < -0.39 is 0 Å². The van der Waals surface area contributed by atoms with Gasteiger partial charge in [-0.25, -0.2) is 0 Å². The van der Waals surface area contributed by atoms with Gasteiger partial charge in [0.25, 0.3) is 0 Å². The van der Waals surface area contributed by atoms with Crippen LogP contribution in [0.2, 0.25) is 0 Å². The molecule has 0 amide bonds. The SMILES string of the molecule is Cc1cccc2c1C=C(C(=O)c1cc3cccc(N)c3[nH]1)C2. The molecule has 4 rings (SSSR count). The molecule has 0 saturated heterocycles. The highest BCUT2D eigenvalue weighted by molar-refractivity contribution is 6.14. The number of fused-ring (bicyclic) bond motifs is 2. The second-order valence-electron chi connectivity index (χ2n) is 5.82. The van der Waals surface area contributed by atoms with Crippen molar-refractivity contribution in [3.63, 3.8) is 0 Å². The number of aryl methyl sites for hydroxylation is 1. The lowest BCUT2D eigenvalue weighted by Gasteiger charge is -2.01. The first-order valence-electron chi connectivity index (χ1n) is 7.34. The van der Waals surface area contributed by atoms with Crippen LogP contribution < -0.4 is 5.73 Å². The number of ketones is 1. The lowest BCUT2D eigenvalue weighted by molar-refractivity contribution is 0.103. The minimum atomic E-state index is 0.0474. The quantitative estimate of drug-likeness (QED) is 0.555. The molecule has 1 aliphatic carbocycles. The zero-order chi connectivity index (χ0) is 15.3. The van der Waals surface area contributed by atoms with Crippen molar-refractivity contribution >= 4 is 28.4 Å². The predicted octanol–water partition coefficient (Wildman–Crippen LogP) is 3.88. The lowest BCUT2D eigenvalue weighted by atomic mass is 10.0. The highest BCUT2D eigenvalue weighted by Gasteiger charge is 2.22. The van der Waals surface area contributed by atoms with E-state index in [1.165, 1.54) is 16.7 Å². The van der Waals surface area contributed by atoms with Crippen molar-refractivity contribution in [2.24, 2.45) is 0 Å². The predicted molar refractivity (Wildman–Crippen MR) is 89.9 cm³/mol. The molecule has 3 nitrogen and oxygen atoms in total. The number of Topliss-reactive ketones (excluding diaryl/α,β-unsaturated/α-hetero) is 1. The van der Waals surface area contributed by atoms with E-state index in [1.807, 2.05) is 36.4 Å². The summed E-state index contributed by atoms with van der Waals surface area (Å²) < 4.78 is 0. The van der Waals surface area contributed by atoms with Crippen LogP contribution in [-0.2, 0) is 6.42 Å². The van der Waals surface area contributed by atoms with Gasteiger partial charge in [0.2, 0.25) is 5.78 Å². The van der Waals surface area contributed by atoms with Crippen molar-refractivity contribution in [2.75, 3.05) is 5.73 Å². The van der Waals surface area contributed by atoms with Gasteiger partial charge < -0.3 is 10.7 Å². The second kappa shape index (κ2) is 4.60. The van der Waals surface area contributed by atoms with Gasteiger partial charge in [-0.05, 0) is 41.8 Å². The van der Waals surface area contributed by atoms with Gasteiger partial charge in [0, 0.05) is 17.4 Å². The molecule has 3 N–H and O–H groups in total. The molecule has 0 atom stereocenters. The van der Waals surface area contributed by atoms with Crippen LogP contribution in [0, 0.1) is 6.92 Å². The minimum absolute atomic E-state index is 0.0474. The third-order valence-corrected chi connectivity index (χ3v) is 4.34. The van der Waals surface area contributed by atoms with E-state index in [4.69, 9.17) is 5.73 Å². The molecule has 3 heteroatoms. The van der Waals surface area contributed by atoms with Crippen molar-refractivity contribution in [2.45, 2.75) is 13.3 Å². The van der Waals surface area contributed by atoms with E-state index in [-0.39, 0.29) is 5.78 Å². The van der Waals surface area contributed by atoms with Gasteiger partial charge in [0.05, 0.1) is 16.9 Å². The van der Waals surface area contributed by atoms with Crippen molar-refractivity contribution in [1.29, 1.82) is 0 Å². The van der Waals surface area contributed by atoms with Gasteiger partial charge in [-0.1, -0.05) is 30.3 Å². The summed E-state index contributed by atoms with van der Waals surface area (Å²) in [5.41, 5.74) is 12.5. The fraction of sp³-hybridized carbons (Fsp3) is 0.105. The normalized spacial score (nSPS) is 13.2. The molecule has 0 saturated carbocycles. The summed E-state index contributed by atoms with van der Waals surface area (Å²) in [5, 5.41) is 0.968. The van der Waals surface area contributed by atoms with Gasteiger partial charge in [-0.3, -0.25) is 4.79 Å². The molecule has 22 heavy (non-hydrogen) atoms. The summed E-state index contributed by atoms with van der Waals surface area (Å²) in [5.74, 6) is 0.0474. The largest absolute Gasteiger partial charge is 0.397 e. The van der Waals surface area contributed by atoms with Crippen LogP contribution in [0.3, 0.4) is 0 Å². The number of nitrogens with two attached hydrogens (primary N) is 1. The number of carbonyl (C=O) groups is 1. The molecule has 0 fully saturated rings. The van der Waals surface area contributed by atoms with Crippen LogP contribution in [0.25, 0.3) is 17.0 Å². The number of hydrogen-bond acceptors (Lipinski definition) is 2. The number of carbonyl (C=O) groups excluding carboxylic acids is 1. The van der Waals surface area contributed by atoms with Crippen molar-refractivity contribution in [3.8, 4) is 0 Å². The van der Waals surface area contributed by atoms with E-state index in [2.05, 4.69) is 24.0 Å². The van der Waals surface area contributed by atoms with Crippen LogP contribution in [0.4, 0.5) is 5.69 Å². The highest BCUT2D eigenvalue weighted by Crippen LogP contribution is 2.30. The van der Waals surface area contributed by atoms with Gasteiger partial charge in [0.1, 0.15) is 0 Å². The Morgan fingerprint density at radius 1 is 1.18 bits per heavy atom. The van der Waals surface area contributed by atoms with Crippen molar-refractivity contribution in [3.05, 3.63) is 70.4 Å². The Labute approximate surface area is 128 Å². The first-order chi connectivity index (χ1) is 10.6. The van der Waals surface area contributed by atoms with Gasteiger partial charge in [-0.2, -0.15) is 0 Å². The molecule has 0 radical (unpaired) electrons. The van der Waals surface area contributed by atoms with Crippen LogP contribution >= 0.6 is 0 Å². The maximum absolute atomic E-state index is 12.8. The first kappa shape index (κ1) is 12.9. The number of hydrogen-bond donors (Lipinski definition) is 2. The molecule has 1 heterocycles. The Morgan fingerprint density at radius 3 is 2.77 bits per heavy atom. The maximum atomic E-state index is 12.8. The van der Waals surface area contributed by atoms with E-state index in [0.29, 0.717) is 17.8 Å². The summed E-state index contributed by atoms with van der Waals surface area (Å²) in [7, 11) is 0. The molecule has 1 aromatic heterocycles. The number of H-pyrrole nitrogens is 1. The number of benzene rings is 2. The Kier molecular flexibility index (Phi) is 2.70. The number of allylic oxidation sites excluding steroid dienone is 1. The minimum Gasteiger partial charge on any atom is -0.397 e. The fourth-order valence-corrected chi connectivity index (χ4v) is 3.15. The molecule has 0 unspecified atom stereocenters. The molecule has 3 aromatic rings. The van der Waals surface area contributed by atoms with Crippen LogP contribution in [-0.4, -0.2) is 10.8 Å². The zero-order valence-electron chi connectivity index (χ0n) is 12.3. The van der Waals surface area contributed by atoms with E-state index in [0.717, 1.165) is 16.5 Å². The number of nitrogens with one attached hydrogen (secondary N) is 1. The average Bonchev–Trinajstić information content (AvgIpc) is 3.11. The maximum Gasteiger partial charge on any atom is 0.205 e. The third kappa shape index (κ3) is 1.86. The zero-order valence-corrected chi connectivity index (χ0v) is 12.3. The van der Waals surface area contributed by atoms with Crippen molar-refractivity contribution < 1.29 is 4.79 Å². The van der Waals surface area contributed by atoms with Gasteiger partial charge >= 0.3 is 0 Å². The summed E-state index contributed by atoms with van der Waals surface area (Å²) in [6.07, 6.45) is 2.71. The molecule has 2 aromatic carbocycles. The summed E-state index contributed by atoms with van der Waals surface area (Å²) in [4.78, 5) is 15.9. The molecular weight excluding hydrogens is 272 g/mol. The van der Waals surface area contributed by atoms with E-state index in [9.17, 15) is 4.79 Å². The molecule has 0 bridgehead atoms. The first-order valence-corrected chi connectivity index (χ1v) is 7.34. The number of nitrogen functional groups attached to an aromatic ring is 1. The van der Waals surface area contributed by atoms with E-state index in [1.54, 1.807) is 0 Å². The van der Waals surface area contributed by atoms with Crippen LogP contribution in [0.1, 0.15) is 27.2 Å². The molecular formula is C19H16N2O. The number of anilines is 1. The van der Waals surface area contributed by atoms with Crippen molar-refractivity contribution in [1.82, 2.24) is 4.98 Å². The molecule has 1 aliphatic rings. The number of para-hydroxylation sites is 1. The summed E-state index contributed by atoms with van der Waals surface area (Å²) in [6, 6.07) is 13.8. The summed E-state index contributed by atoms with van der Waals surface area (Å²) in [6.45, 7) is 2.08. The topological polar surface area (TPSA) is 58.9 Å². The fourth-order valence-electron chi connectivity index (χ4n) is 3.15. The monoisotopic (exact) mass is 288 g/mol. The number of rotatable bonds is 2. The summed E-state index contributed by atoms with van der Waals surface area (Å²) >= 11 is 0. The Hall–Kier alpha value is -2.81. The third-order valence-electron chi connectivity index (χ3n) is 4.34. The molecule has 0 aliphatic heterocycles. The van der Waals surface area contributed by atoms with Crippen LogP contribution in [0.5, 0.6) is 0 Å². The Morgan fingerprint density at radius 2 is 2.00 bits per heavy atom. The Balaban J connectivity index is 1.75. The number of aromatic nitrogens is 1. The lowest BCUT2D eigenvalue weighted by Crippen LogP contribution is -2.03. The molecule has 108 valence electrons. The van der Waals surface area contributed by atoms with Crippen LogP contribution in [0.15, 0.2) is 48.0 Å². The Bertz CT molecular complexity index is 947. The number of aromatic amines is 1. The highest BCUT2D eigenvalue weighted by atomic mass is 16.1. The second-order valence-corrected chi connectivity index (χ2v) is 5.82. The molecule has 0 spiro atoms. The van der Waals surface area contributed by atoms with Gasteiger partial charge in [0.15, 0.2) is 0 Å². The average molecular weight is 288 g/mol. The van der Waals surface area contributed by atoms with E-state index >= 15 is 0 Å². The van der Waals surface area contributed by atoms with Gasteiger partial charge in [-0.15, -0.1) is 0 Å².